The third kappa shape index (κ3) is 583. The van der Waals surface area contributed by atoms with Gasteiger partial charge in [-0.25, -0.2) is 0 Å². The smallest absolute Gasteiger partial charge is 0.400 e. The number of aliphatic hydroxyl groups excluding tert-OH is 1. The van der Waals surface area contributed by atoms with Crippen molar-refractivity contribution in [3.05, 3.63) is 20.8 Å². The van der Waals surface area contributed by atoms with Gasteiger partial charge in [0.15, 0.2) is 0 Å². The summed E-state index contributed by atoms with van der Waals surface area (Å²) in [5, 5.41) is 7.00. The standard InChI is InChI=1S/3C2H5.CH4O.Zr/c4*1-2;/h3*1H2,2H3;2H,1H3;/q3*-1;;+3. The van der Waals surface area contributed by atoms with E-state index in [4.69, 9.17) is 5.11 Å². The first-order valence-corrected chi connectivity index (χ1v) is 2.57. The van der Waals surface area contributed by atoms with Crippen LogP contribution in [0.1, 0.15) is 20.8 Å². The van der Waals surface area contributed by atoms with E-state index in [1.165, 1.54) is 0 Å². The van der Waals surface area contributed by atoms with Gasteiger partial charge in [0, 0.05) is 7.11 Å². The molecule has 0 saturated heterocycles. The Bertz CT molecular complexity index is 8.88. The molecular weight excluding hydrogens is 191 g/mol. The van der Waals surface area contributed by atoms with Crippen molar-refractivity contribution in [1.82, 2.24) is 0 Å². The Morgan fingerprint density at radius 2 is 0.667 bits per heavy atom. The van der Waals surface area contributed by atoms with Crippen molar-refractivity contribution in [3.63, 3.8) is 0 Å². The zero-order chi connectivity index (χ0) is 8.00. The molecule has 0 aliphatic rings. The molecule has 0 unspecified atom stereocenters. The van der Waals surface area contributed by atoms with Gasteiger partial charge in [-0.1, -0.05) is 0 Å². The van der Waals surface area contributed by atoms with E-state index in [9.17, 15) is 0 Å². The molecule has 0 saturated carbocycles. The van der Waals surface area contributed by atoms with Crippen LogP contribution in [0, 0.1) is 20.8 Å². The minimum atomic E-state index is 0. The molecule has 1 radical (unpaired) electrons. The van der Waals surface area contributed by atoms with Gasteiger partial charge < -0.3 is 25.9 Å². The van der Waals surface area contributed by atoms with Gasteiger partial charge in [-0.05, 0) is 0 Å². The topological polar surface area (TPSA) is 20.2 Å². The number of hydrogen-bond acceptors (Lipinski definition) is 1. The third-order valence-electron chi connectivity index (χ3n) is 0. The summed E-state index contributed by atoms with van der Waals surface area (Å²) in [5.41, 5.74) is 0. The Morgan fingerprint density at radius 1 is 0.667 bits per heavy atom. The Morgan fingerprint density at radius 3 is 0.667 bits per heavy atom. The summed E-state index contributed by atoms with van der Waals surface area (Å²) < 4.78 is 0. The fourth-order valence-electron chi connectivity index (χ4n) is 0. The molecule has 9 heavy (non-hydrogen) atoms. The molecule has 0 spiro atoms. The maximum Gasteiger partial charge on any atom is 3.00 e. The van der Waals surface area contributed by atoms with E-state index in [1.807, 2.05) is 0 Å². The van der Waals surface area contributed by atoms with Gasteiger partial charge in [-0.3, -0.25) is 0 Å². The van der Waals surface area contributed by atoms with E-state index in [2.05, 4.69) is 20.8 Å². The summed E-state index contributed by atoms with van der Waals surface area (Å²) in [6, 6.07) is 0. The maximum absolute atomic E-state index is 7.00. The van der Waals surface area contributed by atoms with Crippen LogP contribution in [0.5, 0.6) is 0 Å². The first-order valence-electron chi connectivity index (χ1n) is 2.57. The van der Waals surface area contributed by atoms with E-state index in [0.29, 0.717) is 0 Å². The summed E-state index contributed by atoms with van der Waals surface area (Å²) in [6.07, 6.45) is 0. The van der Waals surface area contributed by atoms with Crippen LogP contribution in [-0.2, 0) is 26.2 Å². The molecule has 0 atom stereocenters. The summed E-state index contributed by atoms with van der Waals surface area (Å²) in [7, 11) is 1.00. The van der Waals surface area contributed by atoms with Crippen molar-refractivity contribution >= 4 is 0 Å². The second-order valence-electron chi connectivity index (χ2n) is 0. The van der Waals surface area contributed by atoms with Crippen LogP contribution in [0.15, 0.2) is 0 Å². The molecular formula is C7H19OZr. The molecule has 57 valence electrons. The SMILES string of the molecule is CO.[CH2-]C.[CH2-]C.[CH2-]C.[Zr+3]. The van der Waals surface area contributed by atoms with Gasteiger partial charge in [-0.15, -0.1) is 0 Å². The summed E-state index contributed by atoms with van der Waals surface area (Å²) in [5.74, 6) is 0. The molecule has 0 rings (SSSR count). The third-order valence-corrected chi connectivity index (χ3v) is 0. The fraction of sp³-hybridized carbons (Fsp3) is 0.571. The Labute approximate surface area is 80.0 Å². The predicted octanol–water partition coefficient (Wildman–Crippen LogP) is 2.13. The predicted molar refractivity (Wildman–Crippen MR) is 41.2 cm³/mol. The summed E-state index contributed by atoms with van der Waals surface area (Å²) in [4.78, 5) is 0. The quantitative estimate of drug-likeness (QED) is 0.607. The van der Waals surface area contributed by atoms with E-state index in [-0.39, 0.29) is 26.2 Å². The second kappa shape index (κ2) is 765. The Balaban J connectivity index is -0.00000000762. The van der Waals surface area contributed by atoms with Crippen molar-refractivity contribution in [3.8, 4) is 0 Å². The molecule has 0 aliphatic carbocycles. The van der Waals surface area contributed by atoms with Gasteiger partial charge in [0.1, 0.15) is 0 Å². The van der Waals surface area contributed by atoms with E-state index in [0.717, 1.165) is 7.11 Å². The summed E-state index contributed by atoms with van der Waals surface area (Å²) in [6.45, 7) is 15.0. The van der Waals surface area contributed by atoms with Gasteiger partial charge in [0.2, 0.25) is 0 Å². The first kappa shape index (κ1) is 32.8. The molecule has 1 N–H and O–H groups in total. The molecule has 0 aromatic heterocycles. The number of aliphatic hydroxyl groups is 1. The monoisotopic (exact) mass is 209 g/mol. The van der Waals surface area contributed by atoms with Crippen LogP contribution in [0.25, 0.3) is 0 Å². The minimum absolute atomic E-state index is 0. The van der Waals surface area contributed by atoms with Crippen molar-refractivity contribution in [2.45, 2.75) is 20.8 Å². The van der Waals surface area contributed by atoms with Crippen LogP contribution in [-0.4, -0.2) is 12.2 Å². The molecule has 0 fully saturated rings. The molecule has 0 aromatic rings. The first-order chi connectivity index (χ1) is 4.00. The van der Waals surface area contributed by atoms with Crippen molar-refractivity contribution < 1.29 is 31.3 Å². The molecule has 1 nitrogen and oxygen atoms in total. The van der Waals surface area contributed by atoms with E-state index < -0.39 is 0 Å². The molecule has 2 heteroatoms. The fourth-order valence-corrected chi connectivity index (χ4v) is 0. The van der Waals surface area contributed by atoms with Crippen molar-refractivity contribution in [2.24, 2.45) is 0 Å². The molecule has 0 heterocycles. The van der Waals surface area contributed by atoms with Crippen LogP contribution in [0.2, 0.25) is 0 Å². The average Bonchev–Trinajstić information content (AvgIpc) is 2.03. The largest absolute Gasteiger partial charge is 3.00 e. The van der Waals surface area contributed by atoms with Gasteiger partial charge >= 0.3 is 26.2 Å². The normalized spacial score (nSPS) is 2.67. The number of hydrogen-bond donors (Lipinski definition) is 1. The molecule has 0 amide bonds. The Hall–Kier alpha value is 0.843. The summed E-state index contributed by atoms with van der Waals surface area (Å²) >= 11 is 0. The maximum atomic E-state index is 7.00. The molecule has 0 aromatic carbocycles. The molecule has 0 aliphatic heterocycles. The van der Waals surface area contributed by atoms with Crippen LogP contribution in [0.4, 0.5) is 0 Å². The van der Waals surface area contributed by atoms with Crippen molar-refractivity contribution in [1.29, 1.82) is 0 Å². The number of rotatable bonds is 0. The van der Waals surface area contributed by atoms with Gasteiger partial charge in [0.25, 0.3) is 0 Å². The van der Waals surface area contributed by atoms with Crippen LogP contribution < -0.4 is 0 Å². The zero-order valence-electron chi connectivity index (χ0n) is 7.07. The minimum Gasteiger partial charge on any atom is -0.400 e. The zero-order valence-corrected chi connectivity index (χ0v) is 9.53. The molecule has 0 bridgehead atoms. The van der Waals surface area contributed by atoms with Crippen LogP contribution >= 0.6 is 0 Å². The van der Waals surface area contributed by atoms with Gasteiger partial charge in [0.05, 0.1) is 0 Å². The van der Waals surface area contributed by atoms with E-state index in [1.54, 1.807) is 20.8 Å². The average molecular weight is 210 g/mol. The Kier molecular flexibility index (Phi) is 2790. The van der Waals surface area contributed by atoms with Crippen LogP contribution in [0.3, 0.4) is 0 Å². The van der Waals surface area contributed by atoms with Gasteiger partial charge in [-0.2, -0.15) is 20.8 Å². The van der Waals surface area contributed by atoms with E-state index >= 15 is 0 Å². The second-order valence-corrected chi connectivity index (χ2v) is 0. The van der Waals surface area contributed by atoms with Crippen molar-refractivity contribution in [2.75, 3.05) is 7.11 Å².